The average molecular weight is 381 g/mol. The molecule has 0 aliphatic heterocycles. The van der Waals surface area contributed by atoms with E-state index in [0.717, 1.165) is 26.6 Å². The number of nitrogens with one attached hydrogen (secondary N) is 2. The minimum absolute atomic E-state index is 0.120. The van der Waals surface area contributed by atoms with Crippen LogP contribution < -0.4 is 10.6 Å². The van der Waals surface area contributed by atoms with Crippen molar-refractivity contribution in [2.75, 3.05) is 5.32 Å². The molecule has 1 aliphatic carbocycles. The van der Waals surface area contributed by atoms with Crippen molar-refractivity contribution in [3.63, 3.8) is 0 Å². The summed E-state index contributed by atoms with van der Waals surface area (Å²) in [4.78, 5) is 11.4. The molecule has 2 rings (SSSR count). The molecular formula is C10H10BrIN2O. The lowest BCUT2D eigenvalue weighted by atomic mass is 10.3. The monoisotopic (exact) mass is 380 g/mol. The van der Waals surface area contributed by atoms with Gasteiger partial charge in [0.05, 0.1) is 0 Å². The van der Waals surface area contributed by atoms with Crippen LogP contribution in [0.15, 0.2) is 22.7 Å². The molecule has 1 aromatic rings. The van der Waals surface area contributed by atoms with E-state index in [9.17, 15) is 4.79 Å². The maximum absolute atomic E-state index is 11.4. The highest BCUT2D eigenvalue weighted by molar-refractivity contribution is 14.1. The van der Waals surface area contributed by atoms with E-state index in [0.29, 0.717) is 6.04 Å². The van der Waals surface area contributed by atoms with Gasteiger partial charge in [-0.15, -0.1) is 0 Å². The first-order chi connectivity index (χ1) is 7.15. The normalized spacial score (nSPS) is 14.8. The summed E-state index contributed by atoms with van der Waals surface area (Å²) in [7, 11) is 0. The first kappa shape index (κ1) is 11.2. The van der Waals surface area contributed by atoms with Crippen LogP contribution in [0.5, 0.6) is 0 Å². The maximum Gasteiger partial charge on any atom is 0.319 e. The topological polar surface area (TPSA) is 41.1 Å². The Labute approximate surface area is 110 Å². The second-order valence-corrected chi connectivity index (χ2v) is 5.52. The minimum Gasteiger partial charge on any atom is -0.335 e. The van der Waals surface area contributed by atoms with Crippen LogP contribution in [0, 0.1) is 3.57 Å². The lowest BCUT2D eigenvalue weighted by Gasteiger charge is -2.07. The number of benzene rings is 1. The molecule has 0 spiro atoms. The minimum atomic E-state index is -0.120. The quantitative estimate of drug-likeness (QED) is 0.759. The lowest BCUT2D eigenvalue weighted by Crippen LogP contribution is -2.30. The summed E-state index contributed by atoms with van der Waals surface area (Å²) in [6.07, 6.45) is 2.20. The molecule has 0 radical (unpaired) electrons. The van der Waals surface area contributed by atoms with Crippen LogP contribution in [-0.2, 0) is 0 Å². The highest BCUT2D eigenvalue weighted by Crippen LogP contribution is 2.23. The second-order valence-electron chi connectivity index (χ2n) is 3.50. The molecule has 0 aromatic heterocycles. The number of carbonyl (C=O) groups is 1. The predicted molar refractivity (Wildman–Crippen MR) is 72.0 cm³/mol. The van der Waals surface area contributed by atoms with Crippen LogP contribution >= 0.6 is 38.5 Å². The van der Waals surface area contributed by atoms with Gasteiger partial charge in [0, 0.05) is 19.8 Å². The van der Waals surface area contributed by atoms with E-state index < -0.39 is 0 Å². The molecule has 0 bridgehead atoms. The molecule has 1 aliphatic rings. The summed E-state index contributed by atoms with van der Waals surface area (Å²) < 4.78 is 2.12. The van der Waals surface area contributed by atoms with E-state index in [-0.39, 0.29) is 6.03 Å². The highest BCUT2D eigenvalue weighted by Gasteiger charge is 2.23. The zero-order chi connectivity index (χ0) is 10.8. The van der Waals surface area contributed by atoms with Crippen molar-refractivity contribution in [3.05, 3.63) is 26.2 Å². The fourth-order valence-electron chi connectivity index (χ4n) is 1.15. The number of rotatable bonds is 2. The Morgan fingerprint density at radius 1 is 1.47 bits per heavy atom. The Balaban J connectivity index is 1.97. The Morgan fingerprint density at radius 3 is 2.80 bits per heavy atom. The summed E-state index contributed by atoms with van der Waals surface area (Å²) in [6.45, 7) is 0. The Morgan fingerprint density at radius 2 is 2.20 bits per heavy atom. The van der Waals surface area contributed by atoms with Crippen LogP contribution in [0.2, 0.25) is 0 Å². The van der Waals surface area contributed by atoms with Crippen molar-refractivity contribution in [2.24, 2.45) is 0 Å². The number of amides is 2. The smallest absolute Gasteiger partial charge is 0.319 e. The van der Waals surface area contributed by atoms with Crippen molar-refractivity contribution < 1.29 is 4.79 Å². The van der Waals surface area contributed by atoms with Gasteiger partial charge in [-0.1, -0.05) is 0 Å². The number of anilines is 1. The van der Waals surface area contributed by atoms with Gasteiger partial charge < -0.3 is 10.6 Å². The zero-order valence-electron chi connectivity index (χ0n) is 7.89. The largest absolute Gasteiger partial charge is 0.335 e. The molecule has 1 saturated carbocycles. The molecule has 1 fully saturated rings. The van der Waals surface area contributed by atoms with E-state index >= 15 is 0 Å². The van der Waals surface area contributed by atoms with Crippen molar-refractivity contribution in [1.29, 1.82) is 0 Å². The number of halogens is 2. The van der Waals surface area contributed by atoms with Gasteiger partial charge in [0.25, 0.3) is 0 Å². The molecule has 5 heteroatoms. The van der Waals surface area contributed by atoms with Crippen LogP contribution in [0.1, 0.15) is 12.8 Å². The first-order valence-electron chi connectivity index (χ1n) is 4.68. The maximum atomic E-state index is 11.4. The van der Waals surface area contributed by atoms with Gasteiger partial charge in [0.1, 0.15) is 0 Å². The summed E-state index contributed by atoms with van der Waals surface area (Å²) in [5, 5.41) is 5.67. The SMILES string of the molecule is O=C(Nc1ccc(I)c(Br)c1)NC1CC1. The van der Waals surface area contributed by atoms with Crippen molar-refractivity contribution in [3.8, 4) is 0 Å². The molecule has 15 heavy (non-hydrogen) atoms. The van der Waals surface area contributed by atoms with Crippen molar-refractivity contribution >= 4 is 50.2 Å². The van der Waals surface area contributed by atoms with Crippen LogP contribution in [0.25, 0.3) is 0 Å². The number of urea groups is 1. The van der Waals surface area contributed by atoms with Gasteiger partial charge in [-0.25, -0.2) is 4.79 Å². The molecule has 2 N–H and O–H groups in total. The fraction of sp³-hybridized carbons (Fsp3) is 0.300. The molecule has 80 valence electrons. The number of hydrogen-bond donors (Lipinski definition) is 2. The van der Waals surface area contributed by atoms with Crippen molar-refractivity contribution in [1.82, 2.24) is 5.32 Å². The Kier molecular flexibility index (Phi) is 3.50. The van der Waals surface area contributed by atoms with E-state index in [2.05, 4.69) is 49.2 Å². The molecule has 0 saturated heterocycles. The van der Waals surface area contributed by atoms with E-state index in [1.807, 2.05) is 18.2 Å². The van der Waals surface area contributed by atoms with Crippen LogP contribution in [0.3, 0.4) is 0 Å². The standard InChI is InChI=1S/C10H10BrIN2O/c11-8-5-7(3-4-9(8)12)14-10(15)13-6-1-2-6/h3-6H,1-2H2,(H2,13,14,15). The third kappa shape index (κ3) is 3.34. The van der Waals surface area contributed by atoms with E-state index in [1.165, 1.54) is 0 Å². The van der Waals surface area contributed by atoms with Crippen LogP contribution in [-0.4, -0.2) is 12.1 Å². The molecule has 2 amide bonds. The Bertz CT molecular complexity index is 393. The first-order valence-corrected chi connectivity index (χ1v) is 6.55. The second kappa shape index (κ2) is 4.69. The van der Waals surface area contributed by atoms with Gasteiger partial charge in [-0.05, 0) is 69.6 Å². The predicted octanol–water partition coefficient (Wildman–Crippen LogP) is 3.34. The van der Waals surface area contributed by atoms with Gasteiger partial charge >= 0.3 is 6.03 Å². The van der Waals surface area contributed by atoms with Crippen molar-refractivity contribution in [2.45, 2.75) is 18.9 Å². The molecule has 0 atom stereocenters. The zero-order valence-corrected chi connectivity index (χ0v) is 11.6. The third-order valence-electron chi connectivity index (χ3n) is 2.09. The fourth-order valence-corrected chi connectivity index (χ4v) is 1.87. The summed E-state index contributed by atoms with van der Waals surface area (Å²) in [6, 6.07) is 6.01. The van der Waals surface area contributed by atoms with E-state index in [4.69, 9.17) is 0 Å². The average Bonchev–Trinajstić information content (AvgIpc) is 2.95. The molecule has 0 unspecified atom stereocenters. The molecule has 0 heterocycles. The molecule has 3 nitrogen and oxygen atoms in total. The molecular weight excluding hydrogens is 371 g/mol. The third-order valence-corrected chi connectivity index (χ3v) is 4.43. The summed E-state index contributed by atoms with van der Waals surface area (Å²) in [5.41, 5.74) is 0.806. The van der Waals surface area contributed by atoms with Gasteiger partial charge in [0.2, 0.25) is 0 Å². The highest BCUT2D eigenvalue weighted by atomic mass is 127. The lowest BCUT2D eigenvalue weighted by molar-refractivity contribution is 0.251. The van der Waals surface area contributed by atoms with Gasteiger partial charge in [-0.2, -0.15) is 0 Å². The summed E-state index contributed by atoms with van der Waals surface area (Å²) >= 11 is 5.65. The van der Waals surface area contributed by atoms with Gasteiger partial charge in [0.15, 0.2) is 0 Å². The summed E-state index contributed by atoms with van der Waals surface area (Å²) in [5.74, 6) is 0. The molecule has 1 aromatic carbocycles. The van der Waals surface area contributed by atoms with Crippen LogP contribution in [0.4, 0.5) is 10.5 Å². The Hall–Kier alpha value is -0.300. The number of carbonyl (C=O) groups excluding carboxylic acids is 1. The number of hydrogen-bond acceptors (Lipinski definition) is 1. The van der Waals surface area contributed by atoms with Gasteiger partial charge in [-0.3, -0.25) is 0 Å². The van der Waals surface area contributed by atoms with E-state index in [1.54, 1.807) is 0 Å².